The Morgan fingerprint density at radius 2 is 2.64 bits per heavy atom. The molecule has 0 saturated carbocycles. The molecule has 0 aliphatic carbocycles. The van der Waals surface area contributed by atoms with Gasteiger partial charge in [-0.05, 0) is 0 Å². The van der Waals surface area contributed by atoms with Crippen LogP contribution in [-0.2, 0) is 9.63 Å². The molecule has 0 aromatic heterocycles. The maximum Gasteiger partial charge on any atom is 0.324 e. The first kappa shape index (κ1) is 8.29. The maximum absolute atomic E-state index is 10.3. The van der Waals surface area contributed by atoms with Crippen LogP contribution < -0.4 is 5.73 Å². The average Bonchev–Trinajstić information content (AvgIpc) is 2.34. The van der Waals surface area contributed by atoms with Gasteiger partial charge in [0.15, 0.2) is 6.10 Å². The van der Waals surface area contributed by atoms with E-state index in [9.17, 15) is 4.79 Å². The minimum absolute atomic E-state index is 0.256. The highest BCUT2D eigenvalue weighted by Crippen LogP contribution is 2.14. The van der Waals surface area contributed by atoms with Crippen LogP contribution in [-0.4, -0.2) is 28.4 Å². The molecular formula is C5H7ClN2O3. The first-order valence-corrected chi connectivity index (χ1v) is 3.35. The predicted molar refractivity (Wildman–Crippen MR) is 38.4 cm³/mol. The summed E-state index contributed by atoms with van der Waals surface area (Å²) >= 11 is 5.43. The van der Waals surface area contributed by atoms with Gasteiger partial charge in [0.2, 0.25) is 0 Å². The van der Waals surface area contributed by atoms with Crippen LogP contribution in [0.4, 0.5) is 0 Å². The summed E-state index contributed by atoms with van der Waals surface area (Å²) in [6, 6.07) is -1.06. The second-order valence-electron chi connectivity index (χ2n) is 2.18. The lowest BCUT2D eigenvalue weighted by atomic mass is 10.1. The van der Waals surface area contributed by atoms with Crippen molar-refractivity contribution in [2.45, 2.75) is 18.6 Å². The molecule has 1 aliphatic heterocycles. The lowest BCUT2D eigenvalue weighted by Gasteiger charge is -2.11. The molecule has 1 heterocycles. The van der Waals surface area contributed by atoms with Crippen LogP contribution in [0.15, 0.2) is 5.16 Å². The number of nitrogens with two attached hydrogens (primary N) is 1. The third kappa shape index (κ3) is 1.81. The Bertz CT molecular complexity index is 206. The van der Waals surface area contributed by atoms with E-state index < -0.39 is 18.1 Å². The van der Waals surface area contributed by atoms with Gasteiger partial charge >= 0.3 is 5.97 Å². The van der Waals surface area contributed by atoms with Crippen molar-refractivity contribution in [3.8, 4) is 0 Å². The molecule has 0 amide bonds. The minimum Gasteiger partial charge on any atom is -0.480 e. The van der Waals surface area contributed by atoms with Crippen molar-refractivity contribution in [3.63, 3.8) is 0 Å². The normalized spacial score (nSPS) is 25.6. The van der Waals surface area contributed by atoms with E-state index in [0.29, 0.717) is 0 Å². The van der Waals surface area contributed by atoms with Crippen LogP contribution >= 0.6 is 11.6 Å². The topological polar surface area (TPSA) is 84.9 Å². The van der Waals surface area contributed by atoms with E-state index in [2.05, 4.69) is 9.99 Å². The second kappa shape index (κ2) is 3.06. The first-order valence-electron chi connectivity index (χ1n) is 2.98. The number of carboxylic acid groups (broad SMARTS) is 1. The van der Waals surface area contributed by atoms with E-state index in [-0.39, 0.29) is 11.6 Å². The summed E-state index contributed by atoms with van der Waals surface area (Å²) in [6.45, 7) is 0. The molecule has 11 heavy (non-hydrogen) atoms. The fourth-order valence-corrected chi connectivity index (χ4v) is 0.909. The van der Waals surface area contributed by atoms with E-state index in [1.807, 2.05) is 0 Å². The van der Waals surface area contributed by atoms with Gasteiger partial charge in [-0.3, -0.25) is 4.79 Å². The number of aliphatic carboxylic acids is 1. The van der Waals surface area contributed by atoms with Crippen LogP contribution in [0.1, 0.15) is 6.42 Å². The fraction of sp³-hybridized carbons (Fsp3) is 0.600. The van der Waals surface area contributed by atoms with E-state index in [1.54, 1.807) is 0 Å². The highest BCUT2D eigenvalue weighted by molar-refractivity contribution is 6.65. The van der Waals surface area contributed by atoms with E-state index >= 15 is 0 Å². The monoisotopic (exact) mass is 178 g/mol. The molecule has 2 atom stereocenters. The van der Waals surface area contributed by atoms with Crippen molar-refractivity contribution in [2.24, 2.45) is 10.9 Å². The molecule has 5 nitrogen and oxygen atoms in total. The third-order valence-corrected chi connectivity index (χ3v) is 1.57. The molecule has 0 aromatic carbocycles. The van der Waals surface area contributed by atoms with Crippen LogP contribution in [0.5, 0.6) is 0 Å². The Labute approximate surface area is 67.8 Å². The van der Waals surface area contributed by atoms with Gasteiger partial charge in [-0.25, -0.2) is 0 Å². The molecule has 0 saturated heterocycles. The number of rotatable bonds is 2. The van der Waals surface area contributed by atoms with Crippen molar-refractivity contribution in [1.82, 2.24) is 0 Å². The minimum atomic E-state index is -1.11. The second-order valence-corrected chi connectivity index (χ2v) is 2.62. The molecule has 0 spiro atoms. The van der Waals surface area contributed by atoms with Crippen molar-refractivity contribution >= 4 is 22.7 Å². The van der Waals surface area contributed by atoms with Gasteiger partial charge < -0.3 is 15.7 Å². The molecule has 1 aliphatic rings. The summed E-state index contributed by atoms with van der Waals surface area (Å²) in [4.78, 5) is 14.9. The zero-order valence-electron chi connectivity index (χ0n) is 5.53. The summed E-state index contributed by atoms with van der Waals surface area (Å²) in [6.07, 6.45) is -0.352. The van der Waals surface area contributed by atoms with Crippen molar-refractivity contribution in [3.05, 3.63) is 0 Å². The zero-order chi connectivity index (χ0) is 8.43. The molecule has 0 bridgehead atoms. The van der Waals surface area contributed by atoms with Gasteiger partial charge in [0.25, 0.3) is 0 Å². The number of carbonyl (C=O) groups is 1. The fourth-order valence-electron chi connectivity index (χ4n) is 0.717. The smallest absolute Gasteiger partial charge is 0.324 e. The lowest BCUT2D eigenvalue weighted by molar-refractivity contribution is -0.141. The number of oxime groups is 1. The van der Waals surface area contributed by atoms with E-state index in [4.69, 9.17) is 22.4 Å². The summed E-state index contributed by atoms with van der Waals surface area (Å²) in [5, 5.41) is 12.0. The SMILES string of the molecule is N[C@H](C(=O)O)[C@H]1CC(Cl)=NO1. The molecule has 6 heteroatoms. The number of carboxylic acids is 1. The Hall–Kier alpha value is -0.810. The number of hydrogen-bond acceptors (Lipinski definition) is 4. The Morgan fingerprint density at radius 1 is 2.00 bits per heavy atom. The molecule has 3 N–H and O–H groups in total. The van der Waals surface area contributed by atoms with E-state index in [0.717, 1.165) is 0 Å². The standard InChI is InChI=1S/C5H7ClN2O3/c6-3-1-2(11-8-3)4(7)5(9)10/h2,4H,1,7H2,(H,9,10)/t2-,4+/m1/s1. The third-order valence-electron chi connectivity index (χ3n) is 1.34. The summed E-state index contributed by atoms with van der Waals surface area (Å²) in [5.41, 5.74) is 5.23. The van der Waals surface area contributed by atoms with E-state index in [1.165, 1.54) is 0 Å². The lowest BCUT2D eigenvalue weighted by Crippen LogP contribution is -2.41. The Kier molecular flexibility index (Phi) is 2.31. The Morgan fingerprint density at radius 3 is 3.00 bits per heavy atom. The highest BCUT2D eigenvalue weighted by Gasteiger charge is 2.30. The van der Waals surface area contributed by atoms with Gasteiger partial charge in [-0.2, -0.15) is 0 Å². The zero-order valence-corrected chi connectivity index (χ0v) is 6.28. The van der Waals surface area contributed by atoms with Crippen LogP contribution in [0.3, 0.4) is 0 Å². The first-order chi connectivity index (χ1) is 5.11. The van der Waals surface area contributed by atoms with Gasteiger partial charge in [0.05, 0.1) is 0 Å². The quantitative estimate of drug-likeness (QED) is 0.610. The average molecular weight is 179 g/mol. The summed E-state index contributed by atoms with van der Waals surface area (Å²) < 4.78 is 0. The number of hydrogen-bond donors (Lipinski definition) is 2. The van der Waals surface area contributed by atoms with Crippen molar-refractivity contribution in [1.29, 1.82) is 0 Å². The molecule has 62 valence electrons. The predicted octanol–water partition coefficient (Wildman–Crippen LogP) is -0.260. The molecule has 0 unspecified atom stereocenters. The summed E-state index contributed by atoms with van der Waals surface area (Å²) in [5.74, 6) is -1.11. The van der Waals surface area contributed by atoms with Crippen LogP contribution in [0.25, 0.3) is 0 Å². The molecule has 0 fully saturated rings. The maximum atomic E-state index is 10.3. The number of halogens is 1. The van der Waals surface area contributed by atoms with Gasteiger partial charge in [-0.1, -0.05) is 16.8 Å². The molecule has 0 radical (unpaired) electrons. The Balaban J connectivity index is 2.47. The van der Waals surface area contributed by atoms with Gasteiger partial charge in [0, 0.05) is 6.42 Å². The highest BCUT2D eigenvalue weighted by atomic mass is 35.5. The van der Waals surface area contributed by atoms with Crippen LogP contribution in [0, 0.1) is 0 Å². The van der Waals surface area contributed by atoms with Crippen LogP contribution in [0.2, 0.25) is 0 Å². The molecule has 0 aromatic rings. The molecule has 1 rings (SSSR count). The number of nitrogens with zero attached hydrogens (tertiary/aromatic N) is 1. The largest absolute Gasteiger partial charge is 0.480 e. The van der Waals surface area contributed by atoms with Gasteiger partial charge in [-0.15, -0.1) is 0 Å². The summed E-state index contributed by atoms with van der Waals surface area (Å²) in [7, 11) is 0. The van der Waals surface area contributed by atoms with Gasteiger partial charge in [0.1, 0.15) is 11.2 Å². The van der Waals surface area contributed by atoms with Crippen molar-refractivity contribution < 1.29 is 14.7 Å². The van der Waals surface area contributed by atoms with Crippen molar-refractivity contribution in [2.75, 3.05) is 0 Å². The molecular weight excluding hydrogens is 172 g/mol.